The van der Waals surface area contributed by atoms with Crippen LogP contribution in [0.5, 0.6) is 11.5 Å². The monoisotopic (exact) mass is 243 g/mol. The Labute approximate surface area is 94.3 Å². The Morgan fingerprint density at radius 2 is 2.00 bits per heavy atom. The van der Waals surface area contributed by atoms with Crippen LogP contribution in [0.1, 0.15) is 12.5 Å². The predicted molar refractivity (Wildman–Crippen MR) is 58.0 cm³/mol. The summed E-state index contributed by atoms with van der Waals surface area (Å²) in [5.74, 6) is 0.0702. The van der Waals surface area contributed by atoms with E-state index in [1.54, 1.807) is 18.2 Å². The topological polar surface area (TPSA) is 75.7 Å². The van der Waals surface area contributed by atoms with Crippen molar-refractivity contribution >= 4 is 16.5 Å². The van der Waals surface area contributed by atoms with Crippen LogP contribution in [-0.2, 0) is 10.4 Å². The molecule has 88 valence electrons. The maximum absolute atomic E-state index is 10.4. The van der Waals surface area contributed by atoms with E-state index in [1.807, 2.05) is 13.0 Å². The van der Waals surface area contributed by atoms with Gasteiger partial charge in [-0.2, -0.15) is 0 Å². The summed E-state index contributed by atoms with van der Waals surface area (Å²) >= 11 is 0. The van der Waals surface area contributed by atoms with Crippen molar-refractivity contribution in [2.24, 2.45) is 0 Å². The molecular formula is C10H11O5S-. The molecule has 0 spiro atoms. The van der Waals surface area contributed by atoms with E-state index in [-0.39, 0.29) is 11.5 Å². The minimum absolute atomic E-state index is 0.120. The molecule has 0 N–H and O–H groups in total. The zero-order chi connectivity index (χ0) is 12.2. The summed E-state index contributed by atoms with van der Waals surface area (Å²) in [6.07, 6.45) is 3.62. The number of rotatable bonds is 4. The number of benzene rings is 1. The molecule has 1 aromatic carbocycles. The third-order valence-electron chi connectivity index (χ3n) is 1.74. The molecule has 0 heterocycles. The molecule has 0 amide bonds. The highest BCUT2D eigenvalue weighted by Gasteiger charge is 2.07. The first-order valence-corrected chi connectivity index (χ1v) is 5.75. The van der Waals surface area contributed by atoms with E-state index < -0.39 is 10.4 Å². The minimum Gasteiger partial charge on any atom is -0.716 e. The highest BCUT2D eigenvalue weighted by Crippen LogP contribution is 2.29. The summed E-state index contributed by atoms with van der Waals surface area (Å²) in [7, 11) is -3.42. The quantitative estimate of drug-likeness (QED) is 0.592. The van der Waals surface area contributed by atoms with Gasteiger partial charge in [-0.1, -0.05) is 18.2 Å². The lowest BCUT2D eigenvalue weighted by Crippen LogP contribution is -2.08. The standard InChI is InChI=1S/C10H12O5S/c1-3-4-8-5-6-9(10(7-8)14-2)15-16(11,12)13/h3-7H,1-2H3,(H,11,12,13)/p-1. The molecule has 1 rings (SSSR count). The van der Waals surface area contributed by atoms with Crippen LogP contribution in [0.3, 0.4) is 0 Å². The second-order valence-electron chi connectivity index (χ2n) is 2.90. The second kappa shape index (κ2) is 5.00. The van der Waals surface area contributed by atoms with E-state index in [0.717, 1.165) is 5.56 Å². The van der Waals surface area contributed by atoms with Crippen LogP contribution in [0.15, 0.2) is 24.3 Å². The summed E-state index contributed by atoms with van der Waals surface area (Å²) in [5, 5.41) is 0. The highest BCUT2D eigenvalue weighted by atomic mass is 32.3. The summed E-state index contributed by atoms with van der Waals surface area (Å²) in [6, 6.07) is 4.55. The molecule has 0 saturated heterocycles. The molecule has 16 heavy (non-hydrogen) atoms. The van der Waals surface area contributed by atoms with Crippen molar-refractivity contribution < 1.29 is 21.9 Å². The number of methoxy groups -OCH3 is 1. The van der Waals surface area contributed by atoms with Gasteiger partial charge >= 0.3 is 0 Å². The van der Waals surface area contributed by atoms with Gasteiger partial charge in [-0.25, -0.2) is 8.42 Å². The van der Waals surface area contributed by atoms with E-state index in [2.05, 4.69) is 4.18 Å². The summed E-state index contributed by atoms with van der Waals surface area (Å²) in [5.41, 5.74) is 0.815. The number of hydrogen-bond acceptors (Lipinski definition) is 5. The highest BCUT2D eigenvalue weighted by molar-refractivity contribution is 7.81. The molecule has 0 fully saturated rings. The van der Waals surface area contributed by atoms with Crippen LogP contribution in [-0.4, -0.2) is 20.1 Å². The molecule has 5 nitrogen and oxygen atoms in total. The van der Waals surface area contributed by atoms with Crippen molar-refractivity contribution in [3.05, 3.63) is 29.8 Å². The van der Waals surface area contributed by atoms with Crippen LogP contribution in [0.2, 0.25) is 0 Å². The second-order valence-corrected chi connectivity index (χ2v) is 3.89. The molecule has 0 bridgehead atoms. The maximum atomic E-state index is 10.4. The van der Waals surface area contributed by atoms with Crippen LogP contribution >= 0.6 is 0 Å². The van der Waals surface area contributed by atoms with Crippen molar-refractivity contribution in [3.63, 3.8) is 0 Å². The van der Waals surface area contributed by atoms with Crippen LogP contribution < -0.4 is 8.92 Å². The first-order valence-electron chi connectivity index (χ1n) is 4.42. The van der Waals surface area contributed by atoms with Gasteiger partial charge in [0.15, 0.2) is 11.5 Å². The van der Waals surface area contributed by atoms with Gasteiger partial charge in [0.1, 0.15) is 0 Å². The van der Waals surface area contributed by atoms with Crippen molar-refractivity contribution in [2.75, 3.05) is 7.11 Å². The summed E-state index contributed by atoms with van der Waals surface area (Å²) in [4.78, 5) is 0. The van der Waals surface area contributed by atoms with Gasteiger partial charge in [0.2, 0.25) is 0 Å². The SMILES string of the molecule is CC=Cc1ccc(OS(=O)(=O)[O-])c(OC)c1. The van der Waals surface area contributed by atoms with Gasteiger partial charge in [0.05, 0.1) is 7.11 Å². The van der Waals surface area contributed by atoms with E-state index in [4.69, 9.17) is 4.74 Å². The normalized spacial score (nSPS) is 11.7. The molecular weight excluding hydrogens is 232 g/mol. The number of hydrogen-bond donors (Lipinski definition) is 0. The zero-order valence-electron chi connectivity index (χ0n) is 8.84. The molecule has 0 unspecified atom stereocenters. The first-order chi connectivity index (χ1) is 7.46. The Morgan fingerprint density at radius 1 is 1.31 bits per heavy atom. The predicted octanol–water partition coefficient (Wildman–Crippen LogP) is 1.57. The van der Waals surface area contributed by atoms with Gasteiger partial charge in [0, 0.05) is 0 Å². The zero-order valence-corrected chi connectivity index (χ0v) is 9.65. The fourth-order valence-electron chi connectivity index (χ4n) is 1.16. The molecule has 6 heteroatoms. The lowest BCUT2D eigenvalue weighted by atomic mass is 10.2. The summed E-state index contributed by atoms with van der Waals surface area (Å²) in [6.45, 7) is 1.85. The molecule has 0 aliphatic carbocycles. The van der Waals surface area contributed by atoms with E-state index >= 15 is 0 Å². The van der Waals surface area contributed by atoms with Crippen molar-refractivity contribution in [3.8, 4) is 11.5 Å². The van der Waals surface area contributed by atoms with Crippen LogP contribution in [0.4, 0.5) is 0 Å². The molecule has 0 atom stereocenters. The van der Waals surface area contributed by atoms with E-state index in [1.165, 1.54) is 13.2 Å². The van der Waals surface area contributed by atoms with E-state index in [9.17, 15) is 13.0 Å². The van der Waals surface area contributed by atoms with Crippen molar-refractivity contribution in [1.82, 2.24) is 0 Å². The number of ether oxygens (including phenoxy) is 1. The Morgan fingerprint density at radius 3 is 2.50 bits per heavy atom. The molecule has 1 aromatic rings. The van der Waals surface area contributed by atoms with Crippen LogP contribution in [0, 0.1) is 0 Å². The van der Waals surface area contributed by atoms with Gasteiger partial charge in [0.25, 0.3) is 10.4 Å². The minimum atomic E-state index is -4.78. The average Bonchev–Trinajstić information content (AvgIpc) is 2.18. The molecule has 0 aliphatic rings. The Kier molecular flexibility index (Phi) is 3.92. The maximum Gasteiger partial charge on any atom is 0.262 e. The average molecular weight is 243 g/mol. The largest absolute Gasteiger partial charge is 0.716 e. The Bertz CT molecular complexity index is 490. The van der Waals surface area contributed by atoms with Gasteiger partial charge < -0.3 is 13.5 Å². The van der Waals surface area contributed by atoms with E-state index in [0.29, 0.717) is 0 Å². The molecule has 0 aliphatic heterocycles. The van der Waals surface area contributed by atoms with Gasteiger partial charge in [-0.3, -0.25) is 0 Å². The first kappa shape index (κ1) is 12.5. The third kappa shape index (κ3) is 3.56. The van der Waals surface area contributed by atoms with Crippen molar-refractivity contribution in [1.29, 1.82) is 0 Å². The lowest BCUT2D eigenvalue weighted by Gasteiger charge is -2.12. The third-order valence-corrected chi connectivity index (χ3v) is 2.12. The Balaban J connectivity index is 3.11. The van der Waals surface area contributed by atoms with Crippen LogP contribution in [0.25, 0.3) is 6.08 Å². The smallest absolute Gasteiger partial charge is 0.262 e. The van der Waals surface area contributed by atoms with Crippen molar-refractivity contribution in [2.45, 2.75) is 6.92 Å². The van der Waals surface area contributed by atoms with Gasteiger partial charge in [-0.15, -0.1) is 0 Å². The Hall–Kier alpha value is -1.53. The fourth-order valence-corrected chi connectivity index (χ4v) is 1.52. The molecule has 0 radical (unpaired) electrons. The molecule has 0 aromatic heterocycles. The molecule has 0 saturated carbocycles. The summed E-state index contributed by atoms with van der Waals surface area (Å²) < 4.78 is 40.4. The lowest BCUT2D eigenvalue weighted by molar-refractivity contribution is 0.351. The van der Waals surface area contributed by atoms with Gasteiger partial charge in [-0.05, 0) is 24.6 Å². The number of allylic oxidation sites excluding steroid dienone is 1. The fraction of sp³-hybridized carbons (Fsp3) is 0.200.